The molecule has 0 aliphatic rings. The van der Waals surface area contributed by atoms with E-state index in [9.17, 15) is 5.11 Å². The van der Waals surface area contributed by atoms with Gasteiger partial charge < -0.3 is 5.11 Å². The Hall–Kier alpha value is -1.76. The van der Waals surface area contributed by atoms with Gasteiger partial charge in [0.25, 0.3) is 0 Å². The van der Waals surface area contributed by atoms with Crippen molar-refractivity contribution >= 4 is 0 Å². The van der Waals surface area contributed by atoms with E-state index in [0.717, 1.165) is 11.1 Å². The summed E-state index contributed by atoms with van der Waals surface area (Å²) in [6, 6.07) is 10.4. The Balaban J connectivity index is 2.69. The van der Waals surface area contributed by atoms with Crippen LogP contribution in [-0.2, 0) is 0 Å². The van der Waals surface area contributed by atoms with Crippen LogP contribution in [0.25, 0.3) is 11.1 Å². The number of hydrogen-bond donors (Lipinski definition) is 1. The highest BCUT2D eigenvalue weighted by Gasteiger charge is 2.09. The Kier molecular flexibility index (Phi) is 2.93. The van der Waals surface area contributed by atoms with Crippen LogP contribution in [0.5, 0.6) is 5.75 Å². The number of rotatable bonds is 1. The van der Waals surface area contributed by atoms with Gasteiger partial charge in [-0.25, -0.2) is 0 Å². The molecule has 17 heavy (non-hydrogen) atoms. The molecule has 0 heterocycles. The lowest BCUT2D eigenvalue weighted by Gasteiger charge is -2.13. The molecule has 0 spiro atoms. The van der Waals surface area contributed by atoms with Gasteiger partial charge in [-0.2, -0.15) is 0 Å². The van der Waals surface area contributed by atoms with Crippen molar-refractivity contribution in [1.29, 1.82) is 0 Å². The van der Waals surface area contributed by atoms with Gasteiger partial charge in [-0.3, -0.25) is 0 Å². The molecule has 0 amide bonds. The van der Waals surface area contributed by atoms with Crippen molar-refractivity contribution in [3.8, 4) is 16.9 Å². The summed E-state index contributed by atoms with van der Waals surface area (Å²) in [6.45, 7) is 8.14. The van der Waals surface area contributed by atoms with Crippen LogP contribution < -0.4 is 0 Å². The van der Waals surface area contributed by atoms with Gasteiger partial charge in [0.1, 0.15) is 5.75 Å². The Morgan fingerprint density at radius 1 is 0.765 bits per heavy atom. The van der Waals surface area contributed by atoms with Crippen molar-refractivity contribution < 1.29 is 5.11 Å². The molecule has 88 valence electrons. The molecule has 0 unspecified atom stereocenters. The van der Waals surface area contributed by atoms with Crippen molar-refractivity contribution in [3.63, 3.8) is 0 Å². The van der Waals surface area contributed by atoms with Crippen molar-refractivity contribution in [2.75, 3.05) is 0 Å². The second-order valence-electron chi connectivity index (χ2n) is 4.73. The van der Waals surface area contributed by atoms with Crippen LogP contribution in [0.2, 0.25) is 0 Å². The second-order valence-corrected chi connectivity index (χ2v) is 4.73. The Morgan fingerprint density at radius 3 is 1.71 bits per heavy atom. The van der Waals surface area contributed by atoms with Gasteiger partial charge in [0, 0.05) is 0 Å². The number of aryl methyl sites for hydroxylation is 4. The molecule has 0 aliphatic heterocycles. The molecule has 1 N–H and O–H groups in total. The lowest BCUT2D eigenvalue weighted by atomic mass is 9.93. The lowest BCUT2D eigenvalue weighted by Crippen LogP contribution is -1.90. The van der Waals surface area contributed by atoms with Crippen LogP contribution in [-0.4, -0.2) is 5.11 Å². The molecule has 0 saturated carbocycles. The smallest absolute Gasteiger partial charge is 0.121 e. The fourth-order valence-corrected chi connectivity index (χ4v) is 2.37. The van der Waals surface area contributed by atoms with Crippen molar-refractivity contribution in [2.24, 2.45) is 0 Å². The molecular formula is C16H18O. The molecule has 2 rings (SSSR count). The third kappa shape index (κ3) is 2.05. The first kappa shape index (κ1) is 11.7. The summed E-state index contributed by atoms with van der Waals surface area (Å²) in [6.07, 6.45) is 0. The number of aromatic hydroxyl groups is 1. The molecule has 0 radical (unpaired) electrons. The summed E-state index contributed by atoms with van der Waals surface area (Å²) in [4.78, 5) is 0. The predicted molar refractivity (Wildman–Crippen MR) is 72.5 cm³/mol. The van der Waals surface area contributed by atoms with E-state index in [1.807, 2.05) is 13.8 Å². The van der Waals surface area contributed by atoms with Crippen LogP contribution in [0.1, 0.15) is 22.3 Å². The molecule has 0 bridgehead atoms. The van der Waals surface area contributed by atoms with E-state index >= 15 is 0 Å². The fraction of sp³-hybridized carbons (Fsp3) is 0.250. The molecule has 0 aliphatic carbocycles. The van der Waals surface area contributed by atoms with Gasteiger partial charge in [0.15, 0.2) is 0 Å². The molecule has 0 fully saturated rings. The van der Waals surface area contributed by atoms with E-state index in [4.69, 9.17) is 0 Å². The first-order valence-corrected chi connectivity index (χ1v) is 5.87. The van der Waals surface area contributed by atoms with E-state index in [2.05, 4.69) is 44.2 Å². The number of hydrogen-bond acceptors (Lipinski definition) is 1. The van der Waals surface area contributed by atoms with E-state index < -0.39 is 0 Å². The number of phenols is 1. The molecule has 0 atom stereocenters. The summed E-state index contributed by atoms with van der Waals surface area (Å²) in [7, 11) is 0. The van der Waals surface area contributed by atoms with Gasteiger partial charge >= 0.3 is 0 Å². The third-order valence-electron chi connectivity index (χ3n) is 3.26. The van der Waals surface area contributed by atoms with E-state index in [1.54, 1.807) is 0 Å². The maximum atomic E-state index is 9.82. The van der Waals surface area contributed by atoms with Crippen LogP contribution >= 0.6 is 0 Å². The number of phenolic OH excluding ortho intramolecular Hbond substituents is 1. The lowest BCUT2D eigenvalue weighted by molar-refractivity contribution is 0.467. The second kappa shape index (κ2) is 4.25. The maximum Gasteiger partial charge on any atom is 0.121 e. The van der Waals surface area contributed by atoms with Gasteiger partial charge in [-0.15, -0.1) is 0 Å². The molecule has 1 heteroatoms. The average Bonchev–Trinajstić information content (AvgIpc) is 2.25. The summed E-state index contributed by atoms with van der Waals surface area (Å²) in [5.74, 6) is 0.403. The summed E-state index contributed by atoms with van der Waals surface area (Å²) in [5.41, 5.74) is 6.88. The van der Waals surface area contributed by atoms with Crippen molar-refractivity contribution in [3.05, 3.63) is 52.6 Å². The molecule has 1 nitrogen and oxygen atoms in total. The zero-order valence-corrected chi connectivity index (χ0v) is 10.8. The van der Waals surface area contributed by atoms with E-state index in [1.165, 1.54) is 22.3 Å². The van der Waals surface area contributed by atoms with Gasteiger partial charge in [0.05, 0.1) is 0 Å². The zero-order valence-electron chi connectivity index (χ0n) is 10.8. The highest BCUT2D eigenvalue weighted by Crippen LogP contribution is 2.32. The molecule has 2 aromatic rings. The molecule has 0 saturated heterocycles. The van der Waals surface area contributed by atoms with Crippen molar-refractivity contribution in [2.45, 2.75) is 27.7 Å². The first-order chi connectivity index (χ1) is 8.00. The summed E-state index contributed by atoms with van der Waals surface area (Å²) < 4.78 is 0. The minimum absolute atomic E-state index is 0.403. The first-order valence-electron chi connectivity index (χ1n) is 5.87. The SMILES string of the molecule is Cc1cc(-c2c(C)cccc2C)cc(C)c1O. The topological polar surface area (TPSA) is 20.2 Å². The van der Waals surface area contributed by atoms with Crippen LogP contribution in [0.3, 0.4) is 0 Å². The minimum atomic E-state index is 0.403. The van der Waals surface area contributed by atoms with Crippen LogP contribution in [0.15, 0.2) is 30.3 Å². The van der Waals surface area contributed by atoms with E-state index in [-0.39, 0.29) is 0 Å². The van der Waals surface area contributed by atoms with Gasteiger partial charge in [0.2, 0.25) is 0 Å². The third-order valence-corrected chi connectivity index (χ3v) is 3.26. The molecular weight excluding hydrogens is 208 g/mol. The Labute approximate surface area is 103 Å². The minimum Gasteiger partial charge on any atom is -0.507 e. The molecule has 0 aromatic heterocycles. The monoisotopic (exact) mass is 226 g/mol. The fourth-order valence-electron chi connectivity index (χ4n) is 2.37. The van der Waals surface area contributed by atoms with Crippen LogP contribution in [0, 0.1) is 27.7 Å². The summed E-state index contributed by atoms with van der Waals surface area (Å²) in [5, 5.41) is 9.82. The maximum absolute atomic E-state index is 9.82. The average molecular weight is 226 g/mol. The Bertz CT molecular complexity index is 524. The Morgan fingerprint density at radius 2 is 1.24 bits per heavy atom. The highest BCUT2D eigenvalue weighted by molar-refractivity contribution is 5.73. The van der Waals surface area contributed by atoms with Gasteiger partial charge in [-0.05, 0) is 73.2 Å². The zero-order chi connectivity index (χ0) is 12.6. The number of benzene rings is 2. The normalized spacial score (nSPS) is 10.6. The highest BCUT2D eigenvalue weighted by atomic mass is 16.3. The quantitative estimate of drug-likeness (QED) is 0.769. The van der Waals surface area contributed by atoms with Crippen LogP contribution in [0.4, 0.5) is 0 Å². The predicted octanol–water partition coefficient (Wildman–Crippen LogP) is 4.29. The largest absolute Gasteiger partial charge is 0.507 e. The van der Waals surface area contributed by atoms with E-state index in [0.29, 0.717) is 5.75 Å². The molecule has 2 aromatic carbocycles. The summed E-state index contributed by atoms with van der Waals surface area (Å²) >= 11 is 0. The standard InChI is InChI=1S/C16H18O/c1-10-6-5-7-11(2)15(10)14-8-12(3)16(17)13(4)9-14/h5-9,17H,1-4H3. The van der Waals surface area contributed by atoms with Crippen molar-refractivity contribution in [1.82, 2.24) is 0 Å². The van der Waals surface area contributed by atoms with Gasteiger partial charge in [-0.1, -0.05) is 18.2 Å².